The van der Waals surface area contributed by atoms with E-state index in [9.17, 15) is 9.18 Å². The SMILES string of the molecule is C[C@H](NC(=O)C1(CN)CCCC1)c1ccc(F)cc1. The second kappa shape index (κ2) is 5.70. The molecule has 1 aliphatic carbocycles. The molecular formula is C15H21FN2O. The first-order chi connectivity index (χ1) is 9.07. The van der Waals surface area contributed by atoms with E-state index in [2.05, 4.69) is 5.32 Å². The number of hydrogen-bond donors (Lipinski definition) is 2. The molecule has 3 nitrogen and oxygen atoms in total. The number of carbonyl (C=O) groups is 1. The molecule has 0 spiro atoms. The summed E-state index contributed by atoms with van der Waals surface area (Å²) in [5.41, 5.74) is 6.30. The third-order valence-corrected chi connectivity index (χ3v) is 4.15. The molecule has 2 rings (SSSR count). The summed E-state index contributed by atoms with van der Waals surface area (Å²) >= 11 is 0. The summed E-state index contributed by atoms with van der Waals surface area (Å²) in [6, 6.07) is 6.09. The number of carbonyl (C=O) groups excluding carboxylic acids is 1. The first-order valence-electron chi connectivity index (χ1n) is 6.84. The maximum Gasteiger partial charge on any atom is 0.227 e. The summed E-state index contributed by atoms with van der Waals surface area (Å²) in [5, 5.41) is 3.01. The minimum Gasteiger partial charge on any atom is -0.349 e. The number of nitrogens with two attached hydrogens (primary N) is 1. The molecule has 0 aromatic heterocycles. The van der Waals surface area contributed by atoms with Crippen LogP contribution in [0, 0.1) is 11.2 Å². The van der Waals surface area contributed by atoms with Crippen LogP contribution < -0.4 is 11.1 Å². The standard InChI is InChI=1S/C15H21FN2O/c1-11(12-4-6-13(16)7-5-12)18-14(19)15(10-17)8-2-3-9-15/h4-7,11H,2-3,8-10,17H2,1H3,(H,18,19)/t11-/m0/s1. The third kappa shape index (κ3) is 2.95. The molecule has 1 aromatic carbocycles. The Bertz CT molecular complexity index is 438. The van der Waals surface area contributed by atoms with Crippen molar-refractivity contribution in [1.29, 1.82) is 0 Å². The molecule has 1 aliphatic rings. The van der Waals surface area contributed by atoms with Crippen LogP contribution in [-0.2, 0) is 4.79 Å². The monoisotopic (exact) mass is 264 g/mol. The van der Waals surface area contributed by atoms with Gasteiger partial charge in [-0.3, -0.25) is 4.79 Å². The molecule has 4 heteroatoms. The third-order valence-electron chi connectivity index (χ3n) is 4.15. The summed E-state index contributed by atoms with van der Waals surface area (Å²) in [7, 11) is 0. The number of rotatable bonds is 4. The molecule has 1 saturated carbocycles. The summed E-state index contributed by atoms with van der Waals surface area (Å²) in [6.07, 6.45) is 3.86. The van der Waals surface area contributed by atoms with Gasteiger partial charge in [0.05, 0.1) is 11.5 Å². The molecular weight excluding hydrogens is 243 g/mol. The van der Waals surface area contributed by atoms with Crippen molar-refractivity contribution in [2.24, 2.45) is 11.1 Å². The lowest BCUT2D eigenvalue weighted by Crippen LogP contribution is -2.44. The van der Waals surface area contributed by atoms with Crippen LogP contribution in [0.15, 0.2) is 24.3 Å². The molecule has 1 aromatic rings. The molecule has 0 unspecified atom stereocenters. The van der Waals surface area contributed by atoms with Crippen molar-refractivity contribution < 1.29 is 9.18 Å². The zero-order valence-corrected chi connectivity index (χ0v) is 11.3. The van der Waals surface area contributed by atoms with Crippen LogP contribution >= 0.6 is 0 Å². The fraction of sp³-hybridized carbons (Fsp3) is 0.533. The maximum absolute atomic E-state index is 12.9. The van der Waals surface area contributed by atoms with E-state index in [1.165, 1.54) is 12.1 Å². The first kappa shape index (κ1) is 14.0. The summed E-state index contributed by atoms with van der Waals surface area (Å²) in [5.74, 6) is -0.235. The lowest BCUT2D eigenvalue weighted by molar-refractivity contribution is -0.131. The second-order valence-electron chi connectivity index (χ2n) is 5.44. The highest BCUT2D eigenvalue weighted by atomic mass is 19.1. The highest BCUT2D eigenvalue weighted by molar-refractivity contribution is 5.83. The van der Waals surface area contributed by atoms with Crippen LogP contribution in [0.4, 0.5) is 4.39 Å². The fourth-order valence-corrected chi connectivity index (χ4v) is 2.76. The van der Waals surface area contributed by atoms with E-state index in [0.29, 0.717) is 6.54 Å². The van der Waals surface area contributed by atoms with Gasteiger partial charge in [-0.1, -0.05) is 25.0 Å². The Labute approximate surface area is 113 Å². The van der Waals surface area contributed by atoms with Gasteiger partial charge < -0.3 is 11.1 Å². The van der Waals surface area contributed by atoms with Crippen molar-refractivity contribution >= 4 is 5.91 Å². The van der Waals surface area contributed by atoms with E-state index in [-0.39, 0.29) is 17.8 Å². The van der Waals surface area contributed by atoms with Crippen molar-refractivity contribution in [2.75, 3.05) is 6.54 Å². The van der Waals surface area contributed by atoms with Gasteiger partial charge in [0.25, 0.3) is 0 Å². The quantitative estimate of drug-likeness (QED) is 0.878. The second-order valence-corrected chi connectivity index (χ2v) is 5.44. The normalized spacial score (nSPS) is 19.1. The topological polar surface area (TPSA) is 55.1 Å². The average molecular weight is 264 g/mol. The molecule has 0 radical (unpaired) electrons. The van der Waals surface area contributed by atoms with Gasteiger partial charge in [0.15, 0.2) is 0 Å². The zero-order valence-electron chi connectivity index (χ0n) is 11.3. The highest BCUT2D eigenvalue weighted by Crippen LogP contribution is 2.37. The molecule has 0 bridgehead atoms. The molecule has 3 N–H and O–H groups in total. The van der Waals surface area contributed by atoms with Crippen LogP contribution in [0.1, 0.15) is 44.2 Å². The maximum atomic E-state index is 12.9. The van der Waals surface area contributed by atoms with Crippen LogP contribution in [-0.4, -0.2) is 12.5 Å². The van der Waals surface area contributed by atoms with Gasteiger partial charge in [0.1, 0.15) is 5.82 Å². The van der Waals surface area contributed by atoms with E-state index in [4.69, 9.17) is 5.73 Å². The molecule has 0 aliphatic heterocycles. The van der Waals surface area contributed by atoms with Gasteiger partial charge in [-0.25, -0.2) is 4.39 Å². The van der Waals surface area contributed by atoms with Gasteiger partial charge in [-0.15, -0.1) is 0 Å². The van der Waals surface area contributed by atoms with Gasteiger partial charge >= 0.3 is 0 Å². The van der Waals surface area contributed by atoms with Crippen molar-refractivity contribution in [3.8, 4) is 0 Å². The predicted molar refractivity (Wildman–Crippen MR) is 72.9 cm³/mol. The number of nitrogens with one attached hydrogen (secondary N) is 1. The molecule has 1 fully saturated rings. The number of amides is 1. The van der Waals surface area contributed by atoms with E-state index in [0.717, 1.165) is 31.2 Å². The molecule has 19 heavy (non-hydrogen) atoms. The predicted octanol–water partition coefficient (Wildman–Crippen LogP) is 2.52. The number of halogens is 1. The molecule has 104 valence electrons. The van der Waals surface area contributed by atoms with E-state index < -0.39 is 5.41 Å². The van der Waals surface area contributed by atoms with Crippen molar-refractivity contribution in [3.05, 3.63) is 35.6 Å². The molecule has 0 saturated heterocycles. The minimum atomic E-state index is -0.395. The van der Waals surface area contributed by atoms with Gasteiger partial charge in [-0.2, -0.15) is 0 Å². The number of hydrogen-bond acceptors (Lipinski definition) is 2. The van der Waals surface area contributed by atoms with Crippen molar-refractivity contribution in [3.63, 3.8) is 0 Å². The van der Waals surface area contributed by atoms with Crippen LogP contribution in [0.5, 0.6) is 0 Å². The molecule has 0 heterocycles. The van der Waals surface area contributed by atoms with Gasteiger partial charge in [0.2, 0.25) is 5.91 Å². The Morgan fingerprint density at radius 1 is 1.37 bits per heavy atom. The van der Waals surface area contributed by atoms with Gasteiger partial charge in [-0.05, 0) is 37.5 Å². The Morgan fingerprint density at radius 3 is 2.47 bits per heavy atom. The van der Waals surface area contributed by atoms with E-state index in [1.54, 1.807) is 12.1 Å². The van der Waals surface area contributed by atoms with Gasteiger partial charge in [0, 0.05) is 6.54 Å². The summed E-state index contributed by atoms with van der Waals surface area (Å²) in [4.78, 5) is 12.4. The number of benzene rings is 1. The minimum absolute atomic E-state index is 0.0318. The Hall–Kier alpha value is -1.42. The largest absolute Gasteiger partial charge is 0.349 e. The smallest absolute Gasteiger partial charge is 0.227 e. The van der Waals surface area contributed by atoms with E-state index >= 15 is 0 Å². The Balaban J connectivity index is 2.04. The van der Waals surface area contributed by atoms with E-state index in [1.807, 2.05) is 6.92 Å². The van der Waals surface area contributed by atoms with Crippen LogP contribution in [0.3, 0.4) is 0 Å². The highest BCUT2D eigenvalue weighted by Gasteiger charge is 2.40. The zero-order chi connectivity index (χ0) is 13.9. The first-order valence-corrected chi connectivity index (χ1v) is 6.84. The molecule has 1 atom stereocenters. The van der Waals surface area contributed by atoms with Crippen molar-refractivity contribution in [1.82, 2.24) is 5.32 Å². The lowest BCUT2D eigenvalue weighted by Gasteiger charge is -2.28. The van der Waals surface area contributed by atoms with Crippen LogP contribution in [0.2, 0.25) is 0 Å². The molecule has 1 amide bonds. The fourth-order valence-electron chi connectivity index (χ4n) is 2.76. The average Bonchev–Trinajstić information content (AvgIpc) is 2.89. The Morgan fingerprint density at radius 2 is 1.95 bits per heavy atom. The van der Waals surface area contributed by atoms with Crippen LogP contribution in [0.25, 0.3) is 0 Å². The summed E-state index contributed by atoms with van der Waals surface area (Å²) in [6.45, 7) is 2.30. The summed E-state index contributed by atoms with van der Waals surface area (Å²) < 4.78 is 12.9. The Kier molecular flexibility index (Phi) is 4.20. The van der Waals surface area contributed by atoms with Crippen molar-refractivity contribution in [2.45, 2.75) is 38.6 Å². The lowest BCUT2D eigenvalue weighted by atomic mass is 9.85.